The van der Waals surface area contributed by atoms with Crippen molar-refractivity contribution in [2.24, 2.45) is 0 Å². The molecule has 0 N–H and O–H groups in total. The van der Waals surface area contributed by atoms with Crippen molar-refractivity contribution >= 4 is 19.3 Å². The molecule has 0 saturated carbocycles. The first-order valence-corrected chi connectivity index (χ1v) is 15.0. The summed E-state index contributed by atoms with van der Waals surface area (Å²) in [5.74, 6) is 1.08. The SMILES string of the molecule is C=CCOc1c(C(C)(C)C)cc(C)cc1[Si](C)(C)C1C(C)=Cc2c1ccn2-c1ccccc1. The molecule has 0 amide bonds. The van der Waals surface area contributed by atoms with Gasteiger partial charge in [0.15, 0.2) is 0 Å². The summed E-state index contributed by atoms with van der Waals surface area (Å²) in [4.78, 5) is 0. The first kappa shape index (κ1) is 23.4. The highest BCUT2D eigenvalue weighted by Crippen LogP contribution is 2.45. The van der Waals surface area contributed by atoms with Gasteiger partial charge >= 0.3 is 0 Å². The van der Waals surface area contributed by atoms with Gasteiger partial charge in [-0.1, -0.05) is 88.0 Å². The molecule has 172 valence electrons. The van der Waals surface area contributed by atoms with E-state index in [1.165, 1.54) is 38.8 Å². The van der Waals surface area contributed by atoms with Crippen molar-refractivity contribution in [2.75, 3.05) is 6.61 Å². The van der Waals surface area contributed by atoms with Crippen LogP contribution >= 0.6 is 0 Å². The number of allylic oxidation sites excluding steroid dienone is 1. The van der Waals surface area contributed by atoms with Gasteiger partial charge < -0.3 is 9.30 Å². The molecule has 1 aliphatic carbocycles. The second-order valence-electron chi connectivity index (χ2n) is 10.9. The van der Waals surface area contributed by atoms with Crippen LogP contribution in [0.5, 0.6) is 5.75 Å². The fourth-order valence-electron chi connectivity index (χ4n) is 5.43. The Morgan fingerprint density at radius 2 is 1.76 bits per heavy atom. The Morgan fingerprint density at radius 1 is 1.06 bits per heavy atom. The topological polar surface area (TPSA) is 14.2 Å². The van der Waals surface area contributed by atoms with Crippen molar-refractivity contribution in [2.45, 2.75) is 58.7 Å². The molecule has 3 heteroatoms. The number of para-hydroxylation sites is 1. The Hall–Kier alpha value is -2.78. The molecule has 2 aromatic carbocycles. The summed E-state index contributed by atoms with van der Waals surface area (Å²) in [6.45, 7) is 20.8. The lowest BCUT2D eigenvalue weighted by Crippen LogP contribution is -2.49. The van der Waals surface area contributed by atoms with Gasteiger partial charge in [0.1, 0.15) is 12.4 Å². The van der Waals surface area contributed by atoms with E-state index in [0.29, 0.717) is 12.1 Å². The van der Waals surface area contributed by atoms with Gasteiger partial charge in [-0.15, -0.1) is 0 Å². The molecule has 0 saturated heterocycles. The van der Waals surface area contributed by atoms with E-state index in [1.807, 2.05) is 6.08 Å². The Bertz CT molecular complexity index is 1210. The van der Waals surface area contributed by atoms with Gasteiger partial charge in [0.05, 0.1) is 8.07 Å². The summed E-state index contributed by atoms with van der Waals surface area (Å²) in [6.07, 6.45) is 6.47. The van der Waals surface area contributed by atoms with Crippen molar-refractivity contribution in [1.29, 1.82) is 0 Å². The monoisotopic (exact) mass is 455 g/mol. The molecule has 2 nitrogen and oxygen atoms in total. The zero-order valence-corrected chi connectivity index (χ0v) is 22.2. The third-order valence-electron chi connectivity index (χ3n) is 6.93. The molecule has 4 rings (SSSR count). The molecular weight excluding hydrogens is 418 g/mol. The molecule has 1 heterocycles. The van der Waals surface area contributed by atoms with Crippen molar-refractivity contribution in [3.05, 3.63) is 95.3 Å². The van der Waals surface area contributed by atoms with Crippen LogP contribution in [0.2, 0.25) is 13.1 Å². The summed E-state index contributed by atoms with van der Waals surface area (Å²) in [6, 6.07) is 17.7. The number of hydrogen-bond donors (Lipinski definition) is 0. The Morgan fingerprint density at radius 3 is 2.39 bits per heavy atom. The molecule has 0 fully saturated rings. The largest absolute Gasteiger partial charge is 0.489 e. The maximum absolute atomic E-state index is 6.43. The van der Waals surface area contributed by atoms with E-state index in [0.717, 1.165) is 5.75 Å². The molecular formula is C30H37NOSi. The van der Waals surface area contributed by atoms with E-state index in [9.17, 15) is 0 Å². The Labute approximate surface area is 200 Å². The smallest absolute Gasteiger partial charge is 0.122 e. The number of fused-ring (bicyclic) bond motifs is 1. The molecule has 1 aromatic heterocycles. The van der Waals surface area contributed by atoms with Gasteiger partial charge in [0.2, 0.25) is 0 Å². The van der Waals surface area contributed by atoms with Crippen LogP contribution in [-0.4, -0.2) is 19.2 Å². The van der Waals surface area contributed by atoms with Crippen LogP contribution in [0.3, 0.4) is 0 Å². The van der Waals surface area contributed by atoms with Gasteiger partial charge in [-0.25, -0.2) is 0 Å². The minimum atomic E-state index is -2.03. The Kier molecular flexibility index (Phi) is 6.04. The predicted molar refractivity (Wildman–Crippen MR) is 145 cm³/mol. The quantitative estimate of drug-likeness (QED) is 0.281. The molecule has 1 aliphatic rings. The van der Waals surface area contributed by atoms with Crippen LogP contribution in [0.4, 0.5) is 0 Å². The van der Waals surface area contributed by atoms with Gasteiger partial charge in [-0.05, 0) is 59.9 Å². The lowest BCUT2D eigenvalue weighted by atomic mass is 9.85. The van der Waals surface area contributed by atoms with Gasteiger partial charge in [0, 0.05) is 23.1 Å². The maximum Gasteiger partial charge on any atom is 0.122 e. The molecule has 3 aromatic rings. The standard InChI is InChI=1S/C30H37NOSi/c1-9-17-32-28-25(30(4,5)6)18-21(2)19-27(28)33(7,8)29-22(3)20-26-24(29)15-16-31(26)23-13-11-10-12-14-23/h9-16,18-20,29H,1,17H2,2-8H3. The van der Waals surface area contributed by atoms with E-state index in [1.54, 1.807) is 0 Å². The number of ether oxygens (including phenoxy) is 1. The van der Waals surface area contributed by atoms with Crippen LogP contribution in [-0.2, 0) is 5.41 Å². The first-order valence-electron chi connectivity index (χ1n) is 11.9. The fourth-order valence-corrected chi connectivity index (χ4v) is 9.38. The van der Waals surface area contributed by atoms with E-state index in [2.05, 4.69) is 120 Å². The van der Waals surface area contributed by atoms with E-state index in [-0.39, 0.29) is 5.41 Å². The van der Waals surface area contributed by atoms with Crippen molar-refractivity contribution in [3.63, 3.8) is 0 Å². The number of nitrogens with zero attached hydrogens (tertiary/aromatic N) is 1. The van der Waals surface area contributed by atoms with Crippen LogP contribution in [0.25, 0.3) is 11.8 Å². The molecule has 0 aliphatic heterocycles. The molecule has 33 heavy (non-hydrogen) atoms. The normalized spacial score (nSPS) is 15.8. The number of aromatic nitrogens is 1. The number of rotatable bonds is 6. The first-order chi connectivity index (χ1) is 15.6. The zero-order chi connectivity index (χ0) is 24.0. The minimum Gasteiger partial charge on any atom is -0.489 e. The van der Waals surface area contributed by atoms with Crippen LogP contribution in [0.15, 0.2) is 73.0 Å². The maximum atomic E-state index is 6.43. The molecule has 0 spiro atoms. The zero-order valence-electron chi connectivity index (χ0n) is 21.2. The summed E-state index contributed by atoms with van der Waals surface area (Å²) in [5, 5.41) is 1.41. The minimum absolute atomic E-state index is 0.00408. The van der Waals surface area contributed by atoms with Crippen LogP contribution in [0, 0.1) is 6.92 Å². The number of aryl methyl sites for hydroxylation is 1. The average molecular weight is 456 g/mol. The van der Waals surface area contributed by atoms with Crippen LogP contribution < -0.4 is 9.92 Å². The van der Waals surface area contributed by atoms with Crippen molar-refractivity contribution < 1.29 is 4.74 Å². The molecule has 0 radical (unpaired) electrons. The molecule has 1 unspecified atom stereocenters. The predicted octanol–water partition coefficient (Wildman–Crippen LogP) is 7.30. The second kappa shape index (κ2) is 8.53. The lowest BCUT2D eigenvalue weighted by molar-refractivity contribution is 0.353. The van der Waals surface area contributed by atoms with Crippen molar-refractivity contribution in [1.82, 2.24) is 4.57 Å². The third kappa shape index (κ3) is 4.15. The molecule has 1 atom stereocenters. The fraction of sp³-hybridized carbons (Fsp3) is 0.333. The lowest BCUT2D eigenvalue weighted by Gasteiger charge is -2.36. The van der Waals surface area contributed by atoms with Gasteiger partial charge in [-0.2, -0.15) is 0 Å². The second-order valence-corrected chi connectivity index (χ2v) is 15.5. The summed E-state index contributed by atoms with van der Waals surface area (Å²) < 4.78 is 8.76. The van der Waals surface area contributed by atoms with Gasteiger partial charge in [0.25, 0.3) is 0 Å². The molecule has 0 bridgehead atoms. The van der Waals surface area contributed by atoms with Gasteiger partial charge in [-0.3, -0.25) is 0 Å². The van der Waals surface area contributed by atoms with E-state index >= 15 is 0 Å². The highest BCUT2D eigenvalue weighted by atomic mass is 28.3. The Balaban J connectivity index is 1.87. The highest BCUT2D eigenvalue weighted by molar-refractivity contribution is 6.92. The summed E-state index contributed by atoms with van der Waals surface area (Å²) >= 11 is 0. The third-order valence-corrected chi connectivity index (χ3v) is 10.9. The van der Waals surface area contributed by atoms with Crippen LogP contribution in [0.1, 0.15) is 55.6 Å². The van der Waals surface area contributed by atoms with E-state index in [4.69, 9.17) is 4.74 Å². The number of benzene rings is 2. The highest BCUT2D eigenvalue weighted by Gasteiger charge is 2.43. The average Bonchev–Trinajstić information content (AvgIpc) is 3.29. The summed E-state index contributed by atoms with van der Waals surface area (Å²) in [7, 11) is -2.03. The van der Waals surface area contributed by atoms with E-state index < -0.39 is 8.07 Å². The van der Waals surface area contributed by atoms with Crippen molar-refractivity contribution in [3.8, 4) is 11.4 Å². The summed E-state index contributed by atoms with van der Waals surface area (Å²) in [5.41, 5.74) is 8.45. The number of hydrogen-bond acceptors (Lipinski definition) is 1.